The Hall–Kier alpha value is -3.99. The molecule has 33 heavy (non-hydrogen) atoms. The van der Waals surface area contributed by atoms with Crippen molar-refractivity contribution in [2.24, 2.45) is 0 Å². The van der Waals surface area contributed by atoms with Crippen LogP contribution in [-0.2, 0) is 11.2 Å². The van der Waals surface area contributed by atoms with Gasteiger partial charge in [-0.25, -0.2) is 9.37 Å². The molecule has 1 amide bonds. The molecule has 0 aliphatic heterocycles. The zero-order chi connectivity index (χ0) is 22.8. The van der Waals surface area contributed by atoms with Gasteiger partial charge >= 0.3 is 0 Å². The number of amides is 1. The van der Waals surface area contributed by atoms with Gasteiger partial charge in [-0.05, 0) is 67.8 Å². The van der Waals surface area contributed by atoms with E-state index in [0.29, 0.717) is 19.3 Å². The number of para-hydroxylation sites is 1. The van der Waals surface area contributed by atoms with Crippen LogP contribution in [0.15, 0.2) is 78.9 Å². The molecule has 0 bridgehead atoms. The molecule has 0 spiro atoms. The molecule has 0 aliphatic rings. The van der Waals surface area contributed by atoms with Crippen LogP contribution in [0.1, 0.15) is 24.0 Å². The third-order valence-corrected chi connectivity index (χ3v) is 5.89. The summed E-state index contributed by atoms with van der Waals surface area (Å²) >= 11 is 0. The third kappa shape index (κ3) is 4.48. The highest BCUT2D eigenvalue weighted by atomic mass is 19.1. The van der Waals surface area contributed by atoms with Gasteiger partial charge in [-0.1, -0.05) is 42.0 Å². The molecular weight excluding hydrogens is 413 g/mol. The van der Waals surface area contributed by atoms with Gasteiger partial charge in [0.15, 0.2) is 0 Å². The van der Waals surface area contributed by atoms with Crippen LogP contribution in [0.4, 0.5) is 10.1 Å². The Bertz CT molecular complexity index is 1450. The maximum Gasteiger partial charge on any atom is 0.224 e. The second kappa shape index (κ2) is 8.87. The van der Waals surface area contributed by atoms with Gasteiger partial charge in [-0.2, -0.15) is 0 Å². The molecule has 0 saturated carbocycles. The standard InChI is InChI=1S/C28H24FN3O/c1-18-9-13-21(14-10-18)30-27(33)8-4-6-22-23-17-20(29)12-16-25(23)32-28(22)26-15-11-19-5-2-3-7-24(19)31-26/h2-3,5,7,9-17,32H,4,6,8H2,1H3,(H,30,33). The Morgan fingerprint density at radius 2 is 1.82 bits per heavy atom. The monoisotopic (exact) mass is 437 g/mol. The van der Waals surface area contributed by atoms with Gasteiger partial charge in [0.2, 0.25) is 5.91 Å². The van der Waals surface area contributed by atoms with E-state index < -0.39 is 0 Å². The zero-order valence-corrected chi connectivity index (χ0v) is 18.4. The number of H-pyrrole nitrogens is 1. The number of nitrogens with zero attached hydrogens (tertiary/aromatic N) is 1. The summed E-state index contributed by atoms with van der Waals surface area (Å²) in [7, 11) is 0. The van der Waals surface area contributed by atoms with Crippen LogP contribution in [0.25, 0.3) is 33.2 Å². The lowest BCUT2D eigenvalue weighted by molar-refractivity contribution is -0.116. The maximum atomic E-state index is 14.1. The Labute approximate surface area is 191 Å². The maximum absolute atomic E-state index is 14.1. The highest BCUT2D eigenvalue weighted by Crippen LogP contribution is 2.32. The lowest BCUT2D eigenvalue weighted by Gasteiger charge is -2.08. The third-order valence-electron chi connectivity index (χ3n) is 5.89. The van der Waals surface area contributed by atoms with E-state index in [1.54, 1.807) is 12.1 Å². The Morgan fingerprint density at radius 3 is 2.67 bits per heavy atom. The van der Waals surface area contributed by atoms with Crippen molar-refractivity contribution in [3.63, 3.8) is 0 Å². The summed E-state index contributed by atoms with van der Waals surface area (Å²) in [6.45, 7) is 2.01. The number of aromatic amines is 1. The molecule has 0 radical (unpaired) electrons. The summed E-state index contributed by atoms with van der Waals surface area (Å²) in [5.41, 5.74) is 6.37. The lowest BCUT2D eigenvalue weighted by atomic mass is 10.0. The van der Waals surface area contributed by atoms with E-state index in [2.05, 4.69) is 10.3 Å². The number of aromatic nitrogens is 2. The highest BCUT2D eigenvalue weighted by molar-refractivity contribution is 5.92. The van der Waals surface area contributed by atoms with Crippen LogP contribution >= 0.6 is 0 Å². The number of fused-ring (bicyclic) bond motifs is 2. The van der Waals surface area contributed by atoms with Gasteiger partial charge in [0.25, 0.3) is 0 Å². The molecule has 4 nitrogen and oxygen atoms in total. The zero-order valence-electron chi connectivity index (χ0n) is 18.4. The SMILES string of the molecule is Cc1ccc(NC(=O)CCCc2c(-c3ccc4ccccc4n3)[nH]c3ccc(F)cc23)cc1. The molecule has 0 atom stereocenters. The first-order valence-electron chi connectivity index (χ1n) is 11.1. The fourth-order valence-corrected chi connectivity index (χ4v) is 4.19. The smallest absolute Gasteiger partial charge is 0.224 e. The van der Waals surface area contributed by atoms with E-state index >= 15 is 0 Å². The van der Waals surface area contributed by atoms with E-state index in [1.807, 2.05) is 67.6 Å². The van der Waals surface area contributed by atoms with Crippen molar-refractivity contribution >= 4 is 33.4 Å². The van der Waals surface area contributed by atoms with Gasteiger partial charge in [0, 0.05) is 28.4 Å². The van der Waals surface area contributed by atoms with Crippen molar-refractivity contribution in [2.45, 2.75) is 26.2 Å². The molecule has 5 rings (SSSR count). The van der Waals surface area contributed by atoms with Gasteiger partial charge in [0.05, 0.1) is 16.9 Å². The fourth-order valence-electron chi connectivity index (χ4n) is 4.19. The normalized spacial score (nSPS) is 11.2. The number of carbonyl (C=O) groups excluding carboxylic acids is 1. The molecule has 0 fully saturated rings. The molecule has 3 aromatic carbocycles. The molecule has 2 N–H and O–H groups in total. The molecule has 5 heteroatoms. The number of halogens is 1. The highest BCUT2D eigenvalue weighted by Gasteiger charge is 2.16. The van der Waals surface area contributed by atoms with Crippen molar-refractivity contribution in [3.05, 3.63) is 95.8 Å². The first-order valence-corrected chi connectivity index (χ1v) is 11.1. The average molecular weight is 438 g/mol. The van der Waals surface area contributed by atoms with E-state index in [4.69, 9.17) is 4.98 Å². The second-order valence-electron chi connectivity index (χ2n) is 8.33. The molecule has 0 unspecified atom stereocenters. The minimum atomic E-state index is -0.280. The van der Waals surface area contributed by atoms with Crippen LogP contribution in [0.2, 0.25) is 0 Å². The van der Waals surface area contributed by atoms with Crippen LogP contribution in [0, 0.1) is 12.7 Å². The van der Waals surface area contributed by atoms with E-state index in [1.165, 1.54) is 6.07 Å². The second-order valence-corrected chi connectivity index (χ2v) is 8.33. The van der Waals surface area contributed by atoms with Crippen LogP contribution in [0.3, 0.4) is 0 Å². The molecule has 2 aromatic heterocycles. The minimum Gasteiger partial charge on any atom is -0.353 e. The van der Waals surface area contributed by atoms with Crippen LogP contribution in [-0.4, -0.2) is 15.9 Å². The summed E-state index contributed by atoms with van der Waals surface area (Å²) < 4.78 is 14.1. The summed E-state index contributed by atoms with van der Waals surface area (Å²) in [5, 5.41) is 4.84. The molecule has 0 saturated heterocycles. The first-order chi connectivity index (χ1) is 16.1. The average Bonchev–Trinajstić information content (AvgIpc) is 3.18. The number of carbonyl (C=O) groups is 1. The molecule has 5 aromatic rings. The van der Waals surface area contributed by atoms with Crippen molar-refractivity contribution in [1.82, 2.24) is 9.97 Å². The van der Waals surface area contributed by atoms with Crippen LogP contribution in [0.5, 0.6) is 0 Å². The summed E-state index contributed by atoms with van der Waals surface area (Å²) in [4.78, 5) is 20.7. The number of hydrogen-bond donors (Lipinski definition) is 2. The number of pyridine rings is 1. The van der Waals surface area contributed by atoms with E-state index in [-0.39, 0.29) is 11.7 Å². The predicted octanol–water partition coefficient (Wildman–Crippen LogP) is 6.79. The van der Waals surface area contributed by atoms with Crippen molar-refractivity contribution < 1.29 is 9.18 Å². The Balaban J connectivity index is 1.40. The Kier molecular flexibility index (Phi) is 5.61. The number of anilines is 1. The summed E-state index contributed by atoms with van der Waals surface area (Å²) in [5.74, 6) is -0.312. The van der Waals surface area contributed by atoms with E-state index in [9.17, 15) is 9.18 Å². The van der Waals surface area contributed by atoms with Crippen molar-refractivity contribution in [1.29, 1.82) is 0 Å². The Morgan fingerprint density at radius 1 is 1.00 bits per heavy atom. The first kappa shape index (κ1) is 20.9. The summed E-state index contributed by atoms with van der Waals surface area (Å²) in [6, 6.07) is 24.5. The quantitative estimate of drug-likeness (QED) is 0.307. The molecule has 2 heterocycles. The number of rotatable bonds is 6. The van der Waals surface area contributed by atoms with E-state index in [0.717, 1.165) is 50.0 Å². The molecule has 164 valence electrons. The number of aryl methyl sites for hydroxylation is 2. The number of benzene rings is 3. The minimum absolute atomic E-state index is 0.0322. The van der Waals surface area contributed by atoms with Crippen molar-refractivity contribution in [2.75, 3.05) is 5.32 Å². The van der Waals surface area contributed by atoms with Gasteiger partial charge in [-0.3, -0.25) is 4.79 Å². The number of nitrogens with one attached hydrogen (secondary N) is 2. The van der Waals surface area contributed by atoms with Gasteiger partial charge in [0.1, 0.15) is 5.82 Å². The molecule has 0 aliphatic carbocycles. The van der Waals surface area contributed by atoms with Gasteiger partial charge in [-0.15, -0.1) is 0 Å². The predicted molar refractivity (Wildman–Crippen MR) is 132 cm³/mol. The van der Waals surface area contributed by atoms with Crippen LogP contribution < -0.4 is 5.32 Å². The van der Waals surface area contributed by atoms with Gasteiger partial charge < -0.3 is 10.3 Å². The number of hydrogen-bond acceptors (Lipinski definition) is 2. The van der Waals surface area contributed by atoms with Crippen molar-refractivity contribution in [3.8, 4) is 11.4 Å². The molecular formula is C28H24FN3O. The lowest BCUT2D eigenvalue weighted by Crippen LogP contribution is -2.11. The fraction of sp³-hybridized carbons (Fsp3) is 0.143. The largest absolute Gasteiger partial charge is 0.353 e. The topological polar surface area (TPSA) is 57.8 Å². The summed E-state index contributed by atoms with van der Waals surface area (Å²) in [6.07, 6.45) is 1.65.